The molecule has 1 atom stereocenters. The van der Waals surface area contributed by atoms with Crippen molar-refractivity contribution in [1.82, 2.24) is 9.38 Å². The van der Waals surface area contributed by atoms with Crippen molar-refractivity contribution < 1.29 is 32.6 Å². The first-order chi connectivity index (χ1) is 20.1. The summed E-state index contributed by atoms with van der Waals surface area (Å²) in [6.45, 7) is 10.9. The van der Waals surface area contributed by atoms with Crippen molar-refractivity contribution in [2.24, 2.45) is 10.8 Å². The average molecular weight is 604 g/mol. The van der Waals surface area contributed by atoms with Crippen LogP contribution in [0, 0.1) is 17.8 Å². The van der Waals surface area contributed by atoms with Crippen molar-refractivity contribution in [3.05, 3.63) is 94.6 Å². The monoisotopic (exact) mass is 603 g/mol. The molecule has 0 saturated heterocycles. The first kappa shape index (κ1) is 31.8. The SMILES string of the molecule is COC(=O)C(C)(C)Cc1c(C(=O)C(C)(C)C)c2cc(OCc3cccc(C)n3)ccn2c1C(=O)c1ccc(S(=O)[O-])cc1. The van der Waals surface area contributed by atoms with Crippen LogP contribution in [0.25, 0.3) is 5.52 Å². The molecule has 3 heterocycles. The number of aromatic nitrogens is 2. The maximum atomic E-state index is 14.2. The van der Waals surface area contributed by atoms with Crippen molar-refractivity contribution in [3.63, 3.8) is 0 Å². The van der Waals surface area contributed by atoms with Crippen molar-refractivity contribution in [1.29, 1.82) is 0 Å². The fourth-order valence-corrected chi connectivity index (χ4v) is 5.26. The van der Waals surface area contributed by atoms with Gasteiger partial charge in [0.1, 0.15) is 12.4 Å². The van der Waals surface area contributed by atoms with Gasteiger partial charge in [-0.25, -0.2) is 0 Å². The van der Waals surface area contributed by atoms with E-state index in [9.17, 15) is 23.1 Å². The van der Waals surface area contributed by atoms with Gasteiger partial charge in [0.2, 0.25) is 5.78 Å². The maximum absolute atomic E-state index is 14.2. The van der Waals surface area contributed by atoms with Gasteiger partial charge in [0.25, 0.3) is 0 Å². The number of fused-ring (bicyclic) bond motifs is 1. The molecule has 0 aliphatic rings. The summed E-state index contributed by atoms with van der Waals surface area (Å²) in [5.41, 5.74) is 1.27. The normalized spacial score (nSPS) is 12.7. The van der Waals surface area contributed by atoms with Crippen LogP contribution < -0.4 is 4.74 Å². The van der Waals surface area contributed by atoms with Crippen LogP contribution in [-0.4, -0.2) is 42.8 Å². The third kappa shape index (κ3) is 6.76. The lowest BCUT2D eigenvalue weighted by Gasteiger charge is -2.24. The third-order valence-corrected chi connectivity index (χ3v) is 7.79. The van der Waals surface area contributed by atoms with E-state index in [1.807, 2.05) is 25.1 Å². The molecule has 10 heteroatoms. The second-order valence-corrected chi connectivity index (χ2v) is 13.0. The van der Waals surface area contributed by atoms with Crippen LogP contribution in [0.4, 0.5) is 0 Å². The number of esters is 1. The minimum Gasteiger partial charge on any atom is -0.768 e. The minimum atomic E-state index is -2.45. The van der Waals surface area contributed by atoms with E-state index in [1.165, 1.54) is 31.4 Å². The molecule has 0 aliphatic heterocycles. The Labute approximate surface area is 253 Å². The minimum absolute atomic E-state index is 0.0334. The Morgan fingerprint density at radius 2 is 1.67 bits per heavy atom. The topological polar surface area (TPSA) is 127 Å². The number of methoxy groups -OCH3 is 1. The molecule has 1 aromatic carbocycles. The van der Waals surface area contributed by atoms with Crippen molar-refractivity contribution in [2.45, 2.75) is 59.5 Å². The fourth-order valence-electron chi connectivity index (χ4n) is 4.91. The molecule has 1 unspecified atom stereocenters. The molecular formula is C33H35N2O7S-. The number of carbonyl (C=O) groups is 3. The van der Waals surface area contributed by atoms with E-state index in [4.69, 9.17) is 9.47 Å². The van der Waals surface area contributed by atoms with E-state index < -0.39 is 33.7 Å². The second kappa shape index (κ2) is 12.2. The van der Waals surface area contributed by atoms with Crippen LogP contribution in [0.3, 0.4) is 0 Å². The van der Waals surface area contributed by atoms with Crippen LogP contribution in [-0.2, 0) is 33.6 Å². The summed E-state index contributed by atoms with van der Waals surface area (Å²) < 4.78 is 35.6. The molecule has 43 heavy (non-hydrogen) atoms. The number of aryl methyl sites for hydroxylation is 1. The summed E-state index contributed by atoms with van der Waals surface area (Å²) in [7, 11) is 1.29. The van der Waals surface area contributed by atoms with Gasteiger partial charge in [0, 0.05) is 39.4 Å². The summed E-state index contributed by atoms with van der Waals surface area (Å²) in [6, 6.07) is 14.6. The number of ketones is 2. The zero-order valence-corrected chi connectivity index (χ0v) is 26.2. The number of hydrogen-bond acceptors (Lipinski definition) is 8. The summed E-state index contributed by atoms with van der Waals surface area (Å²) in [5.74, 6) is -0.669. The number of pyridine rings is 2. The fraction of sp³-hybridized carbons (Fsp3) is 0.333. The van der Waals surface area contributed by atoms with E-state index in [0.717, 1.165) is 11.4 Å². The van der Waals surface area contributed by atoms with Gasteiger partial charge in [0.05, 0.1) is 29.4 Å². The van der Waals surface area contributed by atoms with Gasteiger partial charge in [0.15, 0.2) is 5.78 Å². The first-order valence-corrected chi connectivity index (χ1v) is 14.8. The predicted octanol–water partition coefficient (Wildman–Crippen LogP) is 5.66. The zero-order chi connectivity index (χ0) is 31.7. The Morgan fingerprint density at radius 3 is 2.26 bits per heavy atom. The van der Waals surface area contributed by atoms with Crippen LogP contribution in [0.2, 0.25) is 0 Å². The van der Waals surface area contributed by atoms with E-state index >= 15 is 0 Å². The molecular weight excluding hydrogens is 568 g/mol. The summed E-state index contributed by atoms with van der Waals surface area (Å²) in [6.07, 6.45) is 1.70. The van der Waals surface area contributed by atoms with Gasteiger partial charge >= 0.3 is 5.97 Å². The molecule has 9 nitrogen and oxygen atoms in total. The molecule has 0 radical (unpaired) electrons. The number of carbonyl (C=O) groups excluding carboxylic acids is 3. The lowest BCUT2D eigenvalue weighted by molar-refractivity contribution is -0.150. The maximum Gasteiger partial charge on any atom is 0.311 e. The van der Waals surface area contributed by atoms with E-state index in [-0.39, 0.29) is 35.0 Å². The van der Waals surface area contributed by atoms with Gasteiger partial charge in [-0.15, -0.1) is 0 Å². The molecule has 0 bridgehead atoms. The number of benzene rings is 1. The highest BCUT2D eigenvalue weighted by Crippen LogP contribution is 2.37. The van der Waals surface area contributed by atoms with E-state index in [1.54, 1.807) is 57.3 Å². The molecule has 4 aromatic rings. The molecule has 4 rings (SSSR count). The van der Waals surface area contributed by atoms with Gasteiger partial charge in [-0.05, 0) is 86.3 Å². The quantitative estimate of drug-likeness (QED) is 0.129. The Morgan fingerprint density at radius 1 is 1.00 bits per heavy atom. The molecule has 3 aromatic heterocycles. The van der Waals surface area contributed by atoms with Gasteiger partial charge in [-0.1, -0.05) is 26.8 Å². The number of rotatable bonds is 10. The highest BCUT2D eigenvalue weighted by Gasteiger charge is 2.38. The smallest absolute Gasteiger partial charge is 0.311 e. The molecule has 0 N–H and O–H groups in total. The lowest BCUT2D eigenvalue weighted by atomic mass is 9.79. The van der Waals surface area contributed by atoms with Crippen LogP contribution in [0.1, 0.15) is 78.0 Å². The summed E-state index contributed by atoms with van der Waals surface area (Å²) >= 11 is -2.45. The summed E-state index contributed by atoms with van der Waals surface area (Å²) in [4.78, 5) is 45.6. The Balaban J connectivity index is 1.95. The van der Waals surface area contributed by atoms with Gasteiger partial charge in [-0.3, -0.25) is 23.6 Å². The lowest BCUT2D eigenvalue weighted by Crippen LogP contribution is -2.30. The Bertz CT molecular complexity index is 1730. The average Bonchev–Trinajstić information content (AvgIpc) is 3.26. The van der Waals surface area contributed by atoms with E-state index in [0.29, 0.717) is 22.4 Å². The van der Waals surface area contributed by atoms with Crippen LogP contribution in [0.5, 0.6) is 5.75 Å². The van der Waals surface area contributed by atoms with Crippen molar-refractivity contribution >= 4 is 34.1 Å². The largest absolute Gasteiger partial charge is 0.768 e. The standard InChI is InChI=1S/C33H36N2O7S/c1-20-9-8-10-22(34-20)19-42-23-15-16-35-26(17-23)27(30(37)32(2,3)4)25(18-33(5,6)31(38)41-7)28(35)29(36)21-11-13-24(14-12-21)43(39)40/h8-17H,18-19H2,1-7H3,(H,39,40)/p-1. The first-order valence-electron chi connectivity index (χ1n) is 13.7. The molecule has 0 spiro atoms. The molecule has 0 fully saturated rings. The van der Waals surface area contributed by atoms with Crippen LogP contribution in [0.15, 0.2) is 65.7 Å². The van der Waals surface area contributed by atoms with E-state index in [2.05, 4.69) is 4.98 Å². The zero-order valence-electron chi connectivity index (χ0n) is 25.3. The van der Waals surface area contributed by atoms with Crippen molar-refractivity contribution in [3.8, 4) is 5.75 Å². The number of hydrogen-bond donors (Lipinski definition) is 0. The second-order valence-electron chi connectivity index (χ2n) is 12.1. The number of nitrogens with zero attached hydrogens (tertiary/aromatic N) is 2. The highest BCUT2D eigenvalue weighted by molar-refractivity contribution is 7.79. The van der Waals surface area contributed by atoms with Crippen molar-refractivity contribution in [2.75, 3.05) is 7.11 Å². The molecule has 0 saturated carbocycles. The third-order valence-electron chi connectivity index (χ3n) is 7.13. The predicted molar refractivity (Wildman–Crippen MR) is 161 cm³/mol. The molecule has 0 aliphatic carbocycles. The van der Waals surface area contributed by atoms with Gasteiger partial charge in [-0.2, -0.15) is 0 Å². The summed E-state index contributed by atoms with van der Waals surface area (Å²) in [5, 5.41) is 0. The highest BCUT2D eigenvalue weighted by atomic mass is 32.2. The number of Topliss-reactive ketones (excluding diaryl/α,β-unsaturated/α-hetero) is 1. The molecule has 226 valence electrons. The van der Waals surface area contributed by atoms with Crippen LogP contribution >= 0.6 is 0 Å². The Hall–Kier alpha value is -4.15. The molecule has 0 amide bonds. The van der Waals surface area contributed by atoms with Gasteiger partial charge < -0.3 is 18.4 Å². The number of ether oxygens (including phenoxy) is 2. The Kier molecular flexibility index (Phi) is 9.03.